The van der Waals surface area contributed by atoms with Crippen molar-refractivity contribution in [2.24, 2.45) is 0 Å². The summed E-state index contributed by atoms with van der Waals surface area (Å²) in [5.41, 5.74) is 3.63. The van der Waals surface area contributed by atoms with Crippen LogP contribution in [0.5, 0.6) is 5.75 Å². The number of hydrogen-bond acceptors (Lipinski definition) is 9. The van der Waals surface area contributed by atoms with Crippen molar-refractivity contribution in [2.45, 2.75) is 36.6 Å². The predicted molar refractivity (Wildman–Crippen MR) is 157 cm³/mol. The summed E-state index contributed by atoms with van der Waals surface area (Å²) in [7, 11) is 0.972. The number of ether oxygens (including phenoxy) is 2. The van der Waals surface area contributed by atoms with E-state index < -0.39 is 10.0 Å². The maximum absolute atomic E-state index is 12.8. The van der Waals surface area contributed by atoms with E-state index in [2.05, 4.69) is 31.6 Å². The number of aromatic nitrogens is 2. The van der Waals surface area contributed by atoms with Gasteiger partial charge in [0.15, 0.2) is 5.82 Å². The largest absolute Gasteiger partial charge is 0.494 e. The second-order valence-corrected chi connectivity index (χ2v) is 12.6. The maximum atomic E-state index is 12.8. The zero-order chi connectivity index (χ0) is 28.3. The van der Waals surface area contributed by atoms with E-state index in [1.165, 1.54) is 37.5 Å². The van der Waals surface area contributed by atoms with Crippen LogP contribution in [0.4, 0.5) is 23.1 Å². The van der Waals surface area contributed by atoms with E-state index in [4.69, 9.17) is 21.1 Å². The number of benzene rings is 2. The highest BCUT2D eigenvalue weighted by molar-refractivity contribution is 7.89. The van der Waals surface area contributed by atoms with E-state index in [1.54, 1.807) is 25.3 Å². The van der Waals surface area contributed by atoms with E-state index in [1.807, 2.05) is 6.07 Å². The fraction of sp³-hybridized carbons (Fsp3) is 0.429. The highest BCUT2D eigenvalue weighted by atomic mass is 35.5. The van der Waals surface area contributed by atoms with Crippen molar-refractivity contribution < 1.29 is 17.9 Å². The number of para-hydroxylation sites is 1. The fourth-order valence-electron chi connectivity index (χ4n) is 5.34. The van der Waals surface area contributed by atoms with Gasteiger partial charge < -0.3 is 20.1 Å². The molecule has 2 heterocycles. The molecule has 1 atom stereocenters. The van der Waals surface area contributed by atoms with Crippen LogP contribution in [0.15, 0.2) is 47.5 Å². The average Bonchev–Trinajstić information content (AvgIpc) is 3.18. The Morgan fingerprint density at radius 1 is 1.10 bits per heavy atom. The SMILES string of the molecule is COc1c(Nc2ncc(Cl)c(Nc3ccccc3S(=O)(=O)N(C)C)n2)ccc2c1CCCC(N1CCOCC1)C2. The normalized spacial score (nSPS) is 18.2. The van der Waals surface area contributed by atoms with Crippen LogP contribution in [0.2, 0.25) is 5.02 Å². The number of hydrogen-bond donors (Lipinski definition) is 2. The summed E-state index contributed by atoms with van der Waals surface area (Å²) in [6, 6.07) is 11.3. The van der Waals surface area contributed by atoms with Crippen molar-refractivity contribution in [1.29, 1.82) is 0 Å². The third kappa shape index (κ3) is 6.03. The van der Waals surface area contributed by atoms with Crippen LogP contribution in [-0.2, 0) is 27.6 Å². The van der Waals surface area contributed by atoms with Crippen molar-refractivity contribution in [1.82, 2.24) is 19.2 Å². The van der Waals surface area contributed by atoms with E-state index >= 15 is 0 Å². The minimum absolute atomic E-state index is 0.118. The Morgan fingerprint density at radius 2 is 1.88 bits per heavy atom. The fourth-order valence-corrected chi connectivity index (χ4v) is 6.52. The van der Waals surface area contributed by atoms with Gasteiger partial charge in [-0.05, 0) is 55.0 Å². The van der Waals surface area contributed by atoms with Gasteiger partial charge in [0.2, 0.25) is 16.0 Å². The first-order chi connectivity index (χ1) is 19.3. The number of methoxy groups -OCH3 is 1. The van der Waals surface area contributed by atoms with Gasteiger partial charge in [0, 0.05) is 33.2 Å². The number of nitrogens with zero attached hydrogens (tertiary/aromatic N) is 4. The Morgan fingerprint density at radius 3 is 2.62 bits per heavy atom. The van der Waals surface area contributed by atoms with Crippen molar-refractivity contribution in [2.75, 3.05) is 58.1 Å². The van der Waals surface area contributed by atoms with Crippen LogP contribution in [-0.4, -0.2) is 81.1 Å². The summed E-state index contributed by atoms with van der Waals surface area (Å²) in [4.78, 5) is 11.6. The molecule has 5 rings (SSSR count). The molecule has 0 spiro atoms. The molecule has 1 aromatic heterocycles. The minimum Gasteiger partial charge on any atom is -0.494 e. The van der Waals surface area contributed by atoms with Gasteiger partial charge in [0.05, 0.1) is 37.9 Å². The molecule has 2 aliphatic rings. The lowest BCUT2D eigenvalue weighted by molar-refractivity contribution is 0.0149. The number of rotatable bonds is 8. The van der Waals surface area contributed by atoms with E-state index in [9.17, 15) is 8.42 Å². The predicted octanol–water partition coefficient (Wildman–Crippen LogP) is 4.46. The van der Waals surface area contributed by atoms with Crippen molar-refractivity contribution in [3.63, 3.8) is 0 Å². The molecular weight excluding hydrogens is 552 g/mol. The van der Waals surface area contributed by atoms with Crippen LogP contribution < -0.4 is 15.4 Å². The third-order valence-electron chi connectivity index (χ3n) is 7.43. The molecule has 1 saturated heterocycles. The van der Waals surface area contributed by atoms with Crippen molar-refractivity contribution >= 4 is 44.8 Å². The maximum Gasteiger partial charge on any atom is 0.244 e. The van der Waals surface area contributed by atoms with Crippen LogP contribution in [0, 0.1) is 0 Å². The Hall–Kier alpha value is -2.96. The quantitative estimate of drug-likeness (QED) is 0.370. The molecule has 2 aromatic carbocycles. The molecule has 214 valence electrons. The first-order valence-corrected chi connectivity index (χ1v) is 15.2. The van der Waals surface area contributed by atoms with Gasteiger partial charge in [0.1, 0.15) is 15.7 Å². The highest BCUT2D eigenvalue weighted by Crippen LogP contribution is 2.38. The first kappa shape index (κ1) is 28.6. The summed E-state index contributed by atoms with van der Waals surface area (Å²) >= 11 is 6.42. The van der Waals surface area contributed by atoms with Crippen molar-refractivity contribution in [3.8, 4) is 5.75 Å². The lowest BCUT2D eigenvalue weighted by Crippen LogP contribution is -2.44. The zero-order valence-corrected chi connectivity index (χ0v) is 24.6. The summed E-state index contributed by atoms with van der Waals surface area (Å²) in [5.74, 6) is 1.37. The summed E-state index contributed by atoms with van der Waals surface area (Å²) in [6.07, 6.45) is 5.61. The number of sulfonamides is 1. The smallest absolute Gasteiger partial charge is 0.244 e. The van der Waals surface area contributed by atoms with E-state index in [-0.39, 0.29) is 15.7 Å². The molecule has 2 N–H and O–H groups in total. The molecule has 1 aliphatic heterocycles. The molecule has 1 aliphatic carbocycles. The summed E-state index contributed by atoms with van der Waals surface area (Å²) in [6.45, 7) is 3.55. The third-order valence-corrected chi connectivity index (χ3v) is 9.58. The molecule has 1 unspecified atom stereocenters. The molecule has 40 heavy (non-hydrogen) atoms. The zero-order valence-electron chi connectivity index (χ0n) is 23.0. The number of morpholine rings is 1. The van der Waals surface area contributed by atoms with E-state index in [0.29, 0.717) is 17.7 Å². The van der Waals surface area contributed by atoms with Gasteiger partial charge in [-0.15, -0.1) is 0 Å². The molecule has 10 nitrogen and oxygen atoms in total. The van der Waals surface area contributed by atoms with E-state index in [0.717, 1.165) is 67.7 Å². The Balaban J connectivity index is 1.40. The number of nitrogens with one attached hydrogen (secondary N) is 2. The molecular formula is C28H35ClN6O4S. The van der Waals surface area contributed by atoms with Gasteiger partial charge in [-0.2, -0.15) is 4.98 Å². The molecule has 0 saturated carbocycles. The average molecular weight is 587 g/mol. The van der Waals surface area contributed by atoms with Crippen LogP contribution >= 0.6 is 11.6 Å². The second-order valence-electron chi connectivity index (χ2n) is 10.1. The standard InChI is InChI=1S/C28H35ClN6O4S/c1-34(2)40(36,37)25-10-5-4-9-23(25)31-27-22(29)18-30-28(33-27)32-24-12-11-19-17-20(35-13-15-39-16-14-35)7-6-8-21(19)26(24)38-3/h4-5,9-12,18,20H,6-8,13-17H2,1-3H3,(H2,30,31,32,33). The topological polar surface area (TPSA) is 109 Å². The molecule has 0 amide bonds. The monoisotopic (exact) mass is 586 g/mol. The molecule has 0 radical (unpaired) electrons. The van der Waals surface area contributed by atoms with Crippen LogP contribution in [0.1, 0.15) is 24.0 Å². The Labute approximate surface area is 240 Å². The lowest BCUT2D eigenvalue weighted by Gasteiger charge is -2.34. The molecule has 1 fully saturated rings. The van der Waals surface area contributed by atoms with Crippen LogP contribution in [0.25, 0.3) is 0 Å². The Kier molecular flexibility index (Phi) is 8.77. The highest BCUT2D eigenvalue weighted by Gasteiger charge is 2.27. The van der Waals surface area contributed by atoms with Gasteiger partial charge >= 0.3 is 0 Å². The summed E-state index contributed by atoms with van der Waals surface area (Å²) in [5, 5.41) is 6.62. The first-order valence-electron chi connectivity index (χ1n) is 13.4. The van der Waals surface area contributed by atoms with Gasteiger partial charge in [-0.25, -0.2) is 17.7 Å². The minimum atomic E-state index is -3.69. The van der Waals surface area contributed by atoms with Crippen LogP contribution in [0.3, 0.4) is 0 Å². The number of fused-ring (bicyclic) bond motifs is 1. The van der Waals surface area contributed by atoms with Gasteiger partial charge in [-0.1, -0.05) is 29.8 Å². The molecule has 0 bridgehead atoms. The Bertz CT molecular complexity index is 1460. The van der Waals surface area contributed by atoms with Gasteiger partial charge in [-0.3, -0.25) is 4.90 Å². The number of anilines is 4. The molecule has 12 heteroatoms. The lowest BCUT2D eigenvalue weighted by atomic mass is 9.99. The summed E-state index contributed by atoms with van der Waals surface area (Å²) < 4.78 is 38.3. The second kappa shape index (κ2) is 12.3. The van der Waals surface area contributed by atoms with Gasteiger partial charge in [0.25, 0.3) is 0 Å². The number of halogens is 1. The molecule has 3 aromatic rings. The van der Waals surface area contributed by atoms with Crippen molar-refractivity contribution in [3.05, 3.63) is 58.7 Å².